The van der Waals surface area contributed by atoms with Crippen LogP contribution in [0.1, 0.15) is 29.8 Å². The number of rotatable bonds is 1. The maximum Gasteiger partial charge on any atom is 0.274 e. The van der Waals surface area contributed by atoms with E-state index in [1.807, 2.05) is 4.90 Å². The maximum absolute atomic E-state index is 12.4. The molecule has 2 unspecified atom stereocenters. The lowest BCUT2D eigenvalue weighted by molar-refractivity contribution is -0.0447. The molecule has 0 bridgehead atoms. The van der Waals surface area contributed by atoms with E-state index < -0.39 is 0 Å². The molecule has 6 heteroatoms. The van der Waals surface area contributed by atoms with Crippen molar-refractivity contribution in [2.24, 2.45) is 0 Å². The number of carbonyl (C=O) groups excluding carboxylic acids is 1. The molecule has 5 nitrogen and oxygen atoms in total. The van der Waals surface area contributed by atoms with Gasteiger partial charge in [-0.2, -0.15) is 0 Å². The van der Waals surface area contributed by atoms with E-state index in [2.05, 4.69) is 9.97 Å². The average Bonchev–Trinajstić information content (AvgIpc) is 2.86. The first-order chi connectivity index (χ1) is 8.75. The number of hydrogen-bond donors (Lipinski definition) is 0. The van der Waals surface area contributed by atoms with Gasteiger partial charge >= 0.3 is 0 Å². The van der Waals surface area contributed by atoms with Crippen molar-refractivity contribution in [2.45, 2.75) is 31.4 Å². The summed E-state index contributed by atoms with van der Waals surface area (Å²) in [6, 6.07) is 0.187. The van der Waals surface area contributed by atoms with Crippen LogP contribution in [0.25, 0.3) is 0 Å². The maximum atomic E-state index is 12.4. The van der Waals surface area contributed by atoms with Gasteiger partial charge in [-0.05, 0) is 19.3 Å². The molecular weight excluding hydrogens is 254 g/mol. The molecule has 96 valence electrons. The van der Waals surface area contributed by atoms with Crippen LogP contribution >= 0.6 is 11.6 Å². The van der Waals surface area contributed by atoms with Crippen LogP contribution < -0.4 is 0 Å². The molecule has 2 aliphatic rings. The van der Waals surface area contributed by atoms with E-state index in [1.54, 1.807) is 0 Å². The number of aromatic nitrogens is 2. The molecule has 2 fully saturated rings. The first kappa shape index (κ1) is 11.9. The topological polar surface area (TPSA) is 55.3 Å². The monoisotopic (exact) mass is 267 g/mol. The minimum atomic E-state index is -0.0924. The molecule has 2 atom stereocenters. The number of ether oxygens (including phenoxy) is 1. The van der Waals surface area contributed by atoms with Crippen molar-refractivity contribution < 1.29 is 9.53 Å². The molecule has 1 saturated carbocycles. The van der Waals surface area contributed by atoms with Gasteiger partial charge in [0, 0.05) is 6.54 Å². The Morgan fingerprint density at radius 1 is 1.44 bits per heavy atom. The Kier molecular flexibility index (Phi) is 3.18. The average molecular weight is 268 g/mol. The minimum Gasteiger partial charge on any atom is -0.374 e. The van der Waals surface area contributed by atoms with Crippen LogP contribution in [0, 0.1) is 0 Å². The summed E-state index contributed by atoms with van der Waals surface area (Å²) in [6.45, 7) is 1.22. The SMILES string of the molecule is O=C(c1cncc(Cl)n1)N1CCOC2CCCC21. The number of halogens is 1. The van der Waals surface area contributed by atoms with Gasteiger partial charge in [-0.25, -0.2) is 4.98 Å². The number of nitrogens with zero attached hydrogens (tertiary/aromatic N) is 3. The molecule has 2 heterocycles. The van der Waals surface area contributed by atoms with Crippen molar-refractivity contribution in [2.75, 3.05) is 13.2 Å². The summed E-state index contributed by atoms with van der Waals surface area (Å²) in [6.07, 6.45) is 6.24. The predicted octanol–water partition coefficient (Wildman–Crippen LogP) is 1.52. The molecule has 0 spiro atoms. The van der Waals surface area contributed by atoms with E-state index in [1.165, 1.54) is 12.4 Å². The van der Waals surface area contributed by atoms with Crippen LogP contribution in [0.2, 0.25) is 5.15 Å². The van der Waals surface area contributed by atoms with Gasteiger partial charge in [-0.15, -0.1) is 0 Å². The highest BCUT2D eigenvalue weighted by Crippen LogP contribution is 2.30. The fraction of sp³-hybridized carbons (Fsp3) is 0.583. The molecule has 1 aliphatic carbocycles. The molecule has 0 N–H and O–H groups in total. The first-order valence-corrected chi connectivity index (χ1v) is 6.53. The molecule has 3 rings (SSSR count). The number of hydrogen-bond acceptors (Lipinski definition) is 4. The normalized spacial score (nSPS) is 27.1. The van der Waals surface area contributed by atoms with Crippen LogP contribution in [0.4, 0.5) is 0 Å². The second kappa shape index (κ2) is 4.82. The molecule has 0 radical (unpaired) electrons. The fourth-order valence-corrected chi connectivity index (χ4v) is 2.92. The summed E-state index contributed by atoms with van der Waals surface area (Å²) in [5, 5.41) is 0.247. The van der Waals surface area contributed by atoms with E-state index in [-0.39, 0.29) is 23.2 Å². The van der Waals surface area contributed by atoms with Gasteiger partial charge in [0.05, 0.1) is 31.1 Å². The second-order valence-corrected chi connectivity index (χ2v) is 5.02. The van der Waals surface area contributed by atoms with Gasteiger partial charge in [-0.3, -0.25) is 9.78 Å². The molecule has 18 heavy (non-hydrogen) atoms. The molecule has 1 aromatic rings. The summed E-state index contributed by atoms with van der Waals surface area (Å²) in [5.74, 6) is -0.0924. The Morgan fingerprint density at radius 2 is 2.33 bits per heavy atom. The Hall–Kier alpha value is -1.20. The van der Waals surface area contributed by atoms with Gasteiger partial charge in [0.15, 0.2) is 0 Å². The minimum absolute atomic E-state index is 0.0924. The van der Waals surface area contributed by atoms with E-state index >= 15 is 0 Å². The van der Waals surface area contributed by atoms with Crippen LogP contribution in [0.3, 0.4) is 0 Å². The van der Waals surface area contributed by atoms with E-state index in [0.29, 0.717) is 18.8 Å². The van der Waals surface area contributed by atoms with Crippen LogP contribution in [0.5, 0.6) is 0 Å². The number of morpholine rings is 1. The number of carbonyl (C=O) groups is 1. The van der Waals surface area contributed by atoms with Crippen molar-refractivity contribution in [1.82, 2.24) is 14.9 Å². The third kappa shape index (κ3) is 2.08. The van der Waals surface area contributed by atoms with Crippen molar-refractivity contribution in [3.63, 3.8) is 0 Å². The summed E-state index contributed by atoms with van der Waals surface area (Å²) in [4.78, 5) is 22.2. The number of amides is 1. The molecule has 1 aromatic heterocycles. The summed E-state index contributed by atoms with van der Waals surface area (Å²) in [5.41, 5.74) is 0.315. The third-order valence-corrected chi connectivity index (χ3v) is 3.75. The molecular formula is C12H14ClN3O2. The second-order valence-electron chi connectivity index (χ2n) is 4.63. The third-order valence-electron chi connectivity index (χ3n) is 3.57. The van der Waals surface area contributed by atoms with E-state index in [4.69, 9.17) is 16.3 Å². The molecule has 0 aromatic carbocycles. The van der Waals surface area contributed by atoms with Crippen molar-refractivity contribution in [3.8, 4) is 0 Å². The Bertz CT molecular complexity index is 468. The Morgan fingerprint density at radius 3 is 3.17 bits per heavy atom. The van der Waals surface area contributed by atoms with Crippen LogP contribution in [-0.2, 0) is 4.74 Å². The van der Waals surface area contributed by atoms with E-state index in [9.17, 15) is 4.79 Å². The van der Waals surface area contributed by atoms with Crippen LogP contribution in [-0.4, -0.2) is 46.1 Å². The predicted molar refractivity (Wildman–Crippen MR) is 65.5 cm³/mol. The molecule has 1 saturated heterocycles. The van der Waals surface area contributed by atoms with Gasteiger partial charge in [0.25, 0.3) is 5.91 Å². The first-order valence-electron chi connectivity index (χ1n) is 6.16. The smallest absolute Gasteiger partial charge is 0.274 e. The summed E-state index contributed by atoms with van der Waals surface area (Å²) in [7, 11) is 0. The van der Waals surface area contributed by atoms with Gasteiger partial charge in [0.2, 0.25) is 0 Å². The lowest BCUT2D eigenvalue weighted by Crippen LogP contribution is -2.51. The Labute approximate surface area is 110 Å². The van der Waals surface area contributed by atoms with Crippen molar-refractivity contribution in [1.29, 1.82) is 0 Å². The lowest BCUT2D eigenvalue weighted by Gasteiger charge is -2.37. The van der Waals surface area contributed by atoms with Crippen molar-refractivity contribution in [3.05, 3.63) is 23.2 Å². The highest BCUT2D eigenvalue weighted by atomic mass is 35.5. The van der Waals surface area contributed by atoms with E-state index in [0.717, 1.165) is 19.3 Å². The highest BCUT2D eigenvalue weighted by molar-refractivity contribution is 6.29. The van der Waals surface area contributed by atoms with Gasteiger partial charge in [-0.1, -0.05) is 11.6 Å². The molecule has 1 aliphatic heterocycles. The largest absolute Gasteiger partial charge is 0.374 e. The fourth-order valence-electron chi connectivity index (χ4n) is 2.77. The van der Waals surface area contributed by atoms with Crippen LogP contribution in [0.15, 0.2) is 12.4 Å². The lowest BCUT2D eigenvalue weighted by atomic mass is 10.1. The van der Waals surface area contributed by atoms with Crippen molar-refractivity contribution >= 4 is 17.5 Å². The Balaban J connectivity index is 1.83. The highest BCUT2D eigenvalue weighted by Gasteiger charge is 2.39. The van der Waals surface area contributed by atoms with Gasteiger partial charge in [0.1, 0.15) is 10.8 Å². The van der Waals surface area contributed by atoms with Gasteiger partial charge < -0.3 is 9.64 Å². The zero-order chi connectivity index (χ0) is 12.5. The quantitative estimate of drug-likeness (QED) is 0.774. The number of fused-ring (bicyclic) bond motifs is 1. The molecule has 1 amide bonds. The summed E-state index contributed by atoms with van der Waals surface area (Å²) < 4.78 is 5.69. The standard InChI is InChI=1S/C12H14ClN3O2/c13-11-7-14-6-8(15-11)12(17)16-4-5-18-10-3-1-2-9(10)16/h6-7,9-10H,1-5H2. The zero-order valence-electron chi connectivity index (χ0n) is 9.88. The zero-order valence-corrected chi connectivity index (χ0v) is 10.6. The summed E-state index contributed by atoms with van der Waals surface area (Å²) >= 11 is 5.77.